The molecule has 0 radical (unpaired) electrons. The summed E-state index contributed by atoms with van der Waals surface area (Å²) in [5, 5.41) is 13.8. The summed E-state index contributed by atoms with van der Waals surface area (Å²) < 4.78 is 23.3. The number of rotatable bonds is 49. The number of phosphoric acid groups is 1. The van der Waals surface area contributed by atoms with E-state index < -0.39 is 26.6 Å². The Morgan fingerprint density at radius 3 is 1.29 bits per heavy atom. The Bertz CT molecular complexity index is 1670. The Morgan fingerprint density at radius 2 is 0.861 bits per heavy atom. The van der Waals surface area contributed by atoms with Crippen molar-refractivity contribution in [1.82, 2.24) is 5.32 Å². The number of quaternary nitrogens is 1. The van der Waals surface area contributed by atoms with Gasteiger partial charge in [-0.3, -0.25) is 9.36 Å². The first-order valence-corrected chi connectivity index (χ1v) is 29.7. The average molecular weight is 1020 g/mol. The van der Waals surface area contributed by atoms with Gasteiger partial charge >= 0.3 is 0 Å². The van der Waals surface area contributed by atoms with Crippen LogP contribution in [0.4, 0.5) is 0 Å². The van der Waals surface area contributed by atoms with E-state index >= 15 is 0 Å². The van der Waals surface area contributed by atoms with E-state index in [2.05, 4.69) is 153 Å². The number of aliphatic hydroxyl groups excluding tert-OH is 1. The fraction of sp³-hybridized carbons (Fsp3) is 0.603. The predicted molar refractivity (Wildman–Crippen MR) is 311 cm³/mol. The van der Waals surface area contributed by atoms with Gasteiger partial charge in [0.15, 0.2) is 0 Å². The maximum atomic E-state index is 12.9. The van der Waals surface area contributed by atoms with Crippen LogP contribution in [-0.2, 0) is 18.4 Å². The summed E-state index contributed by atoms with van der Waals surface area (Å²) in [7, 11) is 1.17. The number of hydrogen-bond donors (Lipinski definition) is 2. The highest BCUT2D eigenvalue weighted by atomic mass is 31.2. The zero-order valence-corrected chi connectivity index (χ0v) is 47.2. The molecule has 72 heavy (non-hydrogen) atoms. The molecule has 0 bridgehead atoms. The minimum atomic E-state index is -4.64. The molecule has 0 aromatic heterocycles. The average Bonchev–Trinajstić information content (AvgIpc) is 3.34. The standard InChI is InChI=1S/C63H105N2O6P/c1-6-8-10-12-14-16-18-20-22-24-26-28-29-30-31-32-33-34-35-37-39-41-43-45-47-49-51-53-55-57-63(67)64-61(60-71-72(68,69)70-59-58-65(3,4)5)62(66)56-54-52-50-48-46-44-42-40-38-36-27-25-23-21-19-17-15-13-11-9-7-2/h8,10,14,16,20,22,26,28,30-31,33-34,37-40,43,45-46,48-49,51,54,56,61-62,66H,6-7,9,11-13,15,17-19,21,23-25,27,29,32,35-36,41-42,44,47,50,52-53,55,57-60H2,1-5H3,(H-,64,67,68,69)/b10-8-,16-14-,22-20-,28-26-,31-30-,34-33-,39-37-,40-38+,45-43-,48-46+,51-49-,56-54+. The van der Waals surface area contributed by atoms with Crippen molar-refractivity contribution < 1.29 is 32.9 Å². The second kappa shape index (κ2) is 52.3. The van der Waals surface area contributed by atoms with Gasteiger partial charge in [-0.25, -0.2) is 0 Å². The molecule has 0 aliphatic carbocycles. The van der Waals surface area contributed by atoms with E-state index in [-0.39, 0.29) is 18.9 Å². The number of allylic oxidation sites excluding steroid dienone is 23. The number of unbranched alkanes of at least 4 members (excludes halogenated alkanes) is 14. The Labute approximate surface area is 442 Å². The van der Waals surface area contributed by atoms with Crippen molar-refractivity contribution in [3.63, 3.8) is 0 Å². The normalized spacial score (nSPS) is 15.0. The number of amides is 1. The van der Waals surface area contributed by atoms with Gasteiger partial charge in [-0.2, -0.15) is 0 Å². The minimum Gasteiger partial charge on any atom is -0.756 e. The molecule has 8 nitrogen and oxygen atoms in total. The highest BCUT2D eigenvalue weighted by Crippen LogP contribution is 2.38. The maximum absolute atomic E-state index is 12.9. The van der Waals surface area contributed by atoms with Gasteiger partial charge in [0.05, 0.1) is 39.9 Å². The summed E-state index contributed by atoms with van der Waals surface area (Å²) in [6, 6.07) is -0.953. The van der Waals surface area contributed by atoms with Gasteiger partial charge < -0.3 is 28.8 Å². The van der Waals surface area contributed by atoms with Gasteiger partial charge in [0.25, 0.3) is 7.82 Å². The Balaban J connectivity index is 4.47. The zero-order valence-electron chi connectivity index (χ0n) is 46.3. The van der Waals surface area contributed by atoms with Crippen LogP contribution in [0.15, 0.2) is 146 Å². The highest BCUT2D eigenvalue weighted by Gasteiger charge is 2.23. The summed E-state index contributed by atoms with van der Waals surface area (Å²) in [5.41, 5.74) is 0. The van der Waals surface area contributed by atoms with Crippen molar-refractivity contribution in [2.24, 2.45) is 0 Å². The van der Waals surface area contributed by atoms with Crippen LogP contribution in [0.3, 0.4) is 0 Å². The van der Waals surface area contributed by atoms with E-state index in [0.29, 0.717) is 23.9 Å². The first-order chi connectivity index (χ1) is 35.0. The number of carbonyl (C=O) groups excluding carboxylic acids is 1. The van der Waals surface area contributed by atoms with Crippen LogP contribution in [0.25, 0.3) is 0 Å². The number of carbonyl (C=O) groups is 1. The molecule has 0 aliphatic heterocycles. The first kappa shape index (κ1) is 68.4. The summed E-state index contributed by atoms with van der Waals surface area (Å²) in [6.45, 7) is 4.44. The molecule has 1 amide bonds. The SMILES string of the molecule is CC/C=C\C/C=C\C/C=C\C/C=C\C/C=C\C/C=C\C/C=C\C/C=C\C/C=C\CCCC(=O)NC(COP(=O)([O-])OCC[N+](C)(C)C)C(O)/C=C/CC/C=C/CC/C=C/CCCCCCCCCCCCC. The zero-order chi connectivity index (χ0) is 52.7. The molecular formula is C63H105N2O6P. The lowest BCUT2D eigenvalue weighted by atomic mass is 10.1. The molecule has 0 aromatic carbocycles. The van der Waals surface area contributed by atoms with Crippen molar-refractivity contribution in [2.75, 3.05) is 40.9 Å². The van der Waals surface area contributed by atoms with Gasteiger partial charge in [0.2, 0.25) is 5.91 Å². The molecule has 3 atom stereocenters. The number of likely N-dealkylation sites (N-methyl/N-ethyl adjacent to an activating group) is 1. The van der Waals surface area contributed by atoms with Crippen molar-refractivity contribution in [3.8, 4) is 0 Å². The largest absolute Gasteiger partial charge is 0.756 e. The molecule has 9 heteroatoms. The van der Waals surface area contributed by atoms with Gasteiger partial charge in [-0.15, -0.1) is 0 Å². The van der Waals surface area contributed by atoms with Crippen LogP contribution in [0.5, 0.6) is 0 Å². The Hall–Kier alpha value is -3.62. The van der Waals surface area contributed by atoms with Crippen LogP contribution in [0.2, 0.25) is 0 Å². The summed E-state index contributed by atoms with van der Waals surface area (Å²) in [5.74, 6) is -0.275. The molecule has 0 heterocycles. The number of nitrogens with zero attached hydrogens (tertiary/aromatic N) is 1. The Kier molecular flexibility index (Phi) is 49.6. The van der Waals surface area contributed by atoms with Crippen LogP contribution in [0, 0.1) is 0 Å². The summed E-state index contributed by atoms with van der Waals surface area (Å²) >= 11 is 0. The molecule has 0 rings (SSSR count). The summed E-state index contributed by atoms with van der Waals surface area (Å²) in [4.78, 5) is 25.5. The van der Waals surface area contributed by atoms with E-state index in [1.807, 2.05) is 27.2 Å². The van der Waals surface area contributed by atoms with Crippen LogP contribution < -0.4 is 10.2 Å². The number of hydrogen-bond acceptors (Lipinski definition) is 6. The van der Waals surface area contributed by atoms with Crippen molar-refractivity contribution in [2.45, 2.75) is 206 Å². The van der Waals surface area contributed by atoms with Crippen LogP contribution >= 0.6 is 7.82 Å². The van der Waals surface area contributed by atoms with Gasteiger partial charge in [-0.05, 0) is 109 Å². The highest BCUT2D eigenvalue weighted by molar-refractivity contribution is 7.45. The molecule has 0 saturated heterocycles. The predicted octanol–water partition coefficient (Wildman–Crippen LogP) is 16.7. The second-order valence-corrected chi connectivity index (χ2v) is 20.9. The fourth-order valence-electron chi connectivity index (χ4n) is 7.13. The third-order valence-corrected chi connectivity index (χ3v) is 12.5. The second-order valence-electron chi connectivity index (χ2n) is 19.5. The third-order valence-electron chi connectivity index (χ3n) is 11.5. The number of phosphoric ester groups is 1. The molecule has 0 fully saturated rings. The van der Waals surface area contributed by atoms with Gasteiger partial charge in [0, 0.05) is 6.42 Å². The van der Waals surface area contributed by atoms with E-state index in [0.717, 1.165) is 83.5 Å². The smallest absolute Gasteiger partial charge is 0.268 e. The van der Waals surface area contributed by atoms with E-state index in [4.69, 9.17) is 9.05 Å². The van der Waals surface area contributed by atoms with Crippen LogP contribution in [-0.4, -0.2) is 68.5 Å². The van der Waals surface area contributed by atoms with Crippen molar-refractivity contribution in [1.29, 1.82) is 0 Å². The number of nitrogens with one attached hydrogen (secondary N) is 1. The fourth-order valence-corrected chi connectivity index (χ4v) is 7.85. The molecular weight excluding hydrogens is 912 g/mol. The van der Waals surface area contributed by atoms with Gasteiger partial charge in [0.1, 0.15) is 13.2 Å². The van der Waals surface area contributed by atoms with E-state index in [1.165, 1.54) is 77.0 Å². The maximum Gasteiger partial charge on any atom is 0.268 e. The quantitative estimate of drug-likeness (QED) is 0.0272. The molecule has 0 aliphatic rings. The lowest BCUT2D eigenvalue weighted by Gasteiger charge is -2.29. The Morgan fingerprint density at radius 1 is 0.500 bits per heavy atom. The lowest BCUT2D eigenvalue weighted by molar-refractivity contribution is -0.870. The molecule has 2 N–H and O–H groups in total. The molecule has 0 saturated carbocycles. The van der Waals surface area contributed by atoms with Crippen molar-refractivity contribution in [3.05, 3.63) is 146 Å². The van der Waals surface area contributed by atoms with E-state index in [9.17, 15) is 19.4 Å². The topological polar surface area (TPSA) is 108 Å². The monoisotopic (exact) mass is 1020 g/mol. The number of aliphatic hydroxyl groups is 1. The van der Waals surface area contributed by atoms with Crippen LogP contribution in [0.1, 0.15) is 194 Å². The molecule has 408 valence electrons. The summed E-state index contributed by atoms with van der Waals surface area (Å²) in [6.07, 6.45) is 80.7. The molecule has 0 spiro atoms. The molecule has 0 aromatic rings. The van der Waals surface area contributed by atoms with E-state index in [1.54, 1.807) is 6.08 Å². The third kappa shape index (κ3) is 54.2. The van der Waals surface area contributed by atoms with Crippen molar-refractivity contribution >= 4 is 13.7 Å². The minimum absolute atomic E-state index is 0.0287. The molecule has 3 unspecified atom stereocenters. The van der Waals surface area contributed by atoms with Gasteiger partial charge in [-0.1, -0.05) is 224 Å². The lowest BCUT2D eigenvalue weighted by Crippen LogP contribution is -2.45. The first-order valence-electron chi connectivity index (χ1n) is 28.2.